The number of ketones is 2. The summed E-state index contributed by atoms with van der Waals surface area (Å²) in [6.45, 7) is 0. The minimum Gasteiger partial charge on any atom is -0.453 e. The Bertz CT molecular complexity index is 500. The van der Waals surface area contributed by atoms with Gasteiger partial charge in [0.25, 0.3) is 0 Å². The Kier molecular flexibility index (Phi) is 3.01. The van der Waals surface area contributed by atoms with Crippen LogP contribution in [0.15, 0.2) is 52.7 Å². The zero-order valence-corrected chi connectivity index (χ0v) is 9.73. The third-order valence-corrected chi connectivity index (χ3v) is 2.54. The number of hydrogen-bond donors (Lipinski definition) is 0. The Morgan fingerprint density at radius 1 is 1.00 bits per heavy atom. The van der Waals surface area contributed by atoms with Crippen molar-refractivity contribution >= 4 is 27.5 Å². The molecule has 0 heterocycles. The van der Waals surface area contributed by atoms with Gasteiger partial charge in [-0.1, -0.05) is 18.2 Å². The molecule has 1 aromatic carbocycles. The van der Waals surface area contributed by atoms with Crippen molar-refractivity contribution in [1.82, 2.24) is 0 Å². The fourth-order valence-electron chi connectivity index (χ4n) is 1.24. The largest absolute Gasteiger partial charge is 0.453 e. The summed E-state index contributed by atoms with van der Waals surface area (Å²) in [6.07, 6.45) is 2.40. The molecule has 0 unspecified atom stereocenters. The number of carbonyl (C=O) groups is 2. The van der Waals surface area contributed by atoms with E-state index < -0.39 is 0 Å². The van der Waals surface area contributed by atoms with E-state index in [0.717, 1.165) is 0 Å². The van der Waals surface area contributed by atoms with Crippen molar-refractivity contribution in [2.24, 2.45) is 0 Å². The number of benzene rings is 1. The number of para-hydroxylation sites is 1. The highest BCUT2D eigenvalue weighted by Gasteiger charge is 2.21. The van der Waals surface area contributed by atoms with Crippen LogP contribution in [-0.4, -0.2) is 11.6 Å². The first-order chi connectivity index (χ1) is 7.66. The molecule has 2 rings (SSSR count). The van der Waals surface area contributed by atoms with Crippen LogP contribution in [0.5, 0.6) is 5.75 Å². The van der Waals surface area contributed by atoms with E-state index >= 15 is 0 Å². The fraction of sp³-hybridized carbons (Fsp3) is 0. The Morgan fingerprint density at radius 2 is 1.69 bits per heavy atom. The summed E-state index contributed by atoms with van der Waals surface area (Å²) < 4.78 is 5.54. The molecule has 0 radical (unpaired) electrons. The van der Waals surface area contributed by atoms with E-state index in [1.165, 1.54) is 12.2 Å². The Morgan fingerprint density at radius 3 is 2.38 bits per heavy atom. The highest BCUT2D eigenvalue weighted by molar-refractivity contribution is 9.12. The predicted octanol–water partition coefficient (Wildman–Crippen LogP) is 2.38. The number of rotatable bonds is 2. The summed E-state index contributed by atoms with van der Waals surface area (Å²) in [5.41, 5.74) is 0. The van der Waals surface area contributed by atoms with Gasteiger partial charge in [0, 0.05) is 12.2 Å². The normalized spacial score (nSPS) is 15.6. The predicted molar refractivity (Wildman–Crippen MR) is 62.2 cm³/mol. The van der Waals surface area contributed by atoms with Gasteiger partial charge in [-0.2, -0.15) is 0 Å². The summed E-state index contributed by atoms with van der Waals surface area (Å²) in [5, 5.41) is 0. The van der Waals surface area contributed by atoms with E-state index in [2.05, 4.69) is 15.9 Å². The van der Waals surface area contributed by atoms with Gasteiger partial charge < -0.3 is 4.74 Å². The fourth-order valence-corrected chi connectivity index (χ4v) is 1.66. The van der Waals surface area contributed by atoms with Gasteiger partial charge in [0.2, 0.25) is 5.78 Å². The molecular weight excluding hydrogens is 272 g/mol. The monoisotopic (exact) mass is 278 g/mol. The highest BCUT2D eigenvalue weighted by atomic mass is 79.9. The van der Waals surface area contributed by atoms with E-state index in [1.807, 2.05) is 6.07 Å². The molecule has 0 bridgehead atoms. The summed E-state index contributed by atoms with van der Waals surface area (Å²) in [5.74, 6) is -0.0384. The van der Waals surface area contributed by atoms with Crippen LogP contribution in [0.3, 0.4) is 0 Å². The van der Waals surface area contributed by atoms with Crippen molar-refractivity contribution in [3.8, 4) is 5.75 Å². The van der Waals surface area contributed by atoms with Crippen LogP contribution in [0.2, 0.25) is 0 Å². The van der Waals surface area contributed by atoms with Crippen LogP contribution in [0.1, 0.15) is 0 Å². The van der Waals surface area contributed by atoms with Crippen LogP contribution >= 0.6 is 15.9 Å². The molecule has 0 atom stereocenters. The van der Waals surface area contributed by atoms with Gasteiger partial charge in [-0.3, -0.25) is 9.59 Å². The van der Waals surface area contributed by atoms with Gasteiger partial charge in [0.1, 0.15) is 5.75 Å². The van der Waals surface area contributed by atoms with Crippen molar-refractivity contribution in [3.05, 3.63) is 52.7 Å². The second-order valence-electron chi connectivity index (χ2n) is 3.15. The van der Waals surface area contributed by atoms with Gasteiger partial charge in [-0.05, 0) is 28.1 Å². The molecule has 80 valence electrons. The molecule has 4 heteroatoms. The third kappa shape index (κ3) is 2.28. The lowest BCUT2D eigenvalue weighted by molar-refractivity contribution is -0.116. The van der Waals surface area contributed by atoms with Crippen molar-refractivity contribution in [3.63, 3.8) is 0 Å². The molecule has 16 heavy (non-hydrogen) atoms. The average Bonchev–Trinajstić information content (AvgIpc) is 2.27. The van der Waals surface area contributed by atoms with Crippen LogP contribution in [0.25, 0.3) is 0 Å². The number of carbonyl (C=O) groups excluding carboxylic acids is 2. The molecule has 1 aliphatic carbocycles. The molecule has 0 fully saturated rings. The lowest BCUT2D eigenvalue weighted by Crippen LogP contribution is -2.15. The number of halogens is 1. The van der Waals surface area contributed by atoms with Crippen molar-refractivity contribution in [1.29, 1.82) is 0 Å². The second kappa shape index (κ2) is 4.45. The van der Waals surface area contributed by atoms with Gasteiger partial charge in [0.15, 0.2) is 11.5 Å². The molecule has 0 spiro atoms. The van der Waals surface area contributed by atoms with Gasteiger partial charge >= 0.3 is 0 Å². The average molecular weight is 279 g/mol. The second-order valence-corrected chi connectivity index (χ2v) is 4.00. The van der Waals surface area contributed by atoms with Crippen LogP contribution in [0.4, 0.5) is 0 Å². The Labute approximate surface area is 101 Å². The maximum atomic E-state index is 11.6. The first-order valence-electron chi connectivity index (χ1n) is 4.57. The Balaban J connectivity index is 2.23. The summed E-state index contributed by atoms with van der Waals surface area (Å²) in [4.78, 5) is 22.8. The number of hydrogen-bond acceptors (Lipinski definition) is 3. The number of Topliss-reactive ketones (excluding diaryl/α,β-unsaturated/α-hetero) is 1. The van der Waals surface area contributed by atoms with Crippen molar-refractivity contribution < 1.29 is 14.3 Å². The minimum absolute atomic E-state index is 0.0329. The van der Waals surface area contributed by atoms with Crippen LogP contribution in [-0.2, 0) is 9.59 Å². The van der Waals surface area contributed by atoms with E-state index in [4.69, 9.17) is 4.74 Å². The third-order valence-electron chi connectivity index (χ3n) is 1.95. The highest BCUT2D eigenvalue weighted by Crippen LogP contribution is 2.21. The van der Waals surface area contributed by atoms with Gasteiger partial charge in [-0.15, -0.1) is 0 Å². The maximum Gasteiger partial charge on any atom is 0.235 e. The summed E-state index contributed by atoms with van der Waals surface area (Å²) >= 11 is 3.02. The van der Waals surface area contributed by atoms with Crippen molar-refractivity contribution in [2.75, 3.05) is 0 Å². The van der Waals surface area contributed by atoms with E-state index in [1.54, 1.807) is 24.3 Å². The molecule has 0 aromatic heterocycles. The summed E-state index contributed by atoms with van der Waals surface area (Å²) in [6, 6.07) is 8.84. The smallest absolute Gasteiger partial charge is 0.235 e. The van der Waals surface area contributed by atoms with E-state index in [-0.39, 0.29) is 21.8 Å². The first kappa shape index (κ1) is 10.8. The van der Waals surface area contributed by atoms with Gasteiger partial charge in [0.05, 0.1) is 4.48 Å². The number of ether oxygens (including phenoxy) is 1. The quantitative estimate of drug-likeness (QED) is 0.781. The number of allylic oxidation sites excluding steroid dienone is 3. The molecule has 1 aliphatic rings. The molecule has 0 saturated carbocycles. The van der Waals surface area contributed by atoms with E-state index in [0.29, 0.717) is 5.75 Å². The van der Waals surface area contributed by atoms with Crippen molar-refractivity contribution in [2.45, 2.75) is 0 Å². The lowest BCUT2D eigenvalue weighted by Gasteiger charge is -2.10. The van der Waals surface area contributed by atoms with Crippen LogP contribution < -0.4 is 4.74 Å². The molecule has 0 aliphatic heterocycles. The molecule has 1 aromatic rings. The van der Waals surface area contributed by atoms with Gasteiger partial charge in [-0.25, -0.2) is 0 Å². The lowest BCUT2D eigenvalue weighted by atomic mass is 10.1. The zero-order chi connectivity index (χ0) is 11.5. The topological polar surface area (TPSA) is 43.4 Å². The van der Waals surface area contributed by atoms with E-state index in [9.17, 15) is 9.59 Å². The first-order valence-corrected chi connectivity index (χ1v) is 5.36. The zero-order valence-electron chi connectivity index (χ0n) is 8.14. The Hall–Kier alpha value is -1.68. The summed E-state index contributed by atoms with van der Waals surface area (Å²) in [7, 11) is 0. The molecule has 0 N–H and O–H groups in total. The minimum atomic E-state index is -0.330. The standard InChI is InChI=1S/C12H7BrO3/c13-10-6-8(14)7-11(12(10)15)16-9-4-2-1-3-5-9/h1-7H. The molecule has 0 saturated heterocycles. The maximum absolute atomic E-state index is 11.6. The molecular formula is C12H7BrO3. The molecule has 0 amide bonds. The molecule has 3 nitrogen and oxygen atoms in total. The SMILES string of the molecule is O=C1C=C(Br)C(=O)C(Oc2ccccc2)=C1. The van der Waals surface area contributed by atoms with Crippen LogP contribution in [0, 0.1) is 0 Å².